The maximum Gasteiger partial charge on any atom is 0.320 e. The molecule has 18 heavy (non-hydrogen) atoms. The van der Waals surface area contributed by atoms with Crippen LogP contribution in [-0.4, -0.2) is 60.8 Å². The van der Waals surface area contributed by atoms with Crippen molar-refractivity contribution in [1.82, 2.24) is 9.80 Å². The third-order valence-electron chi connectivity index (χ3n) is 3.79. The lowest BCUT2D eigenvalue weighted by atomic mass is 10.0. The van der Waals surface area contributed by atoms with E-state index in [1.807, 2.05) is 16.7 Å². The van der Waals surface area contributed by atoms with Crippen LogP contribution >= 0.6 is 0 Å². The maximum absolute atomic E-state index is 12.5. The van der Waals surface area contributed by atoms with Gasteiger partial charge in [0.25, 0.3) is 0 Å². The fourth-order valence-corrected chi connectivity index (χ4v) is 2.89. The SMILES string of the molecule is CC1CCCN(C(=O)N2CC(C)OC(CN)C2)C1. The van der Waals surface area contributed by atoms with Gasteiger partial charge in [-0.2, -0.15) is 0 Å². The summed E-state index contributed by atoms with van der Waals surface area (Å²) in [6.45, 7) is 7.78. The summed E-state index contributed by atoms with van der Waals surface area (Å²) in [6, 6.07) is 0.162. The molecule has 0 aliphatic carbocycles. The molecule has 2 N–H and O–H groups in total. The molecule has 2 saturated heterocycles. The fourth-order valence-electron chi connectivity index (χ4n) is 2.89. The molecule has 2 aliphatic heterocycles. The first kappa shape index (κ1) is 13.6. The molecule has 3 atom stereocenters. The van der Waals surface area contributed by atoms with Crippen LogP contribution < -0.4 is 5.73 Å². The zero-order valence-electron chi connectivity index (χ0n) is 11.5. The lowest BCUT2D eigenvalue weighted by molar-refractivity contribution is -0.0630. The average molecular weight is 255 g/mol. The highest BCUT2D eigenvalue weighted by atomic mass is 16.5. The summed E-state index contributed by atoms with van der Waals surface area (Å²) in [4.78, 5) is 16.4. The highest BCUT2D eigenvalue weighted by Gasteiger charge is 2.31. The average Bonchev–Trinajstić information content (AvgIpc) is 2.37. The van der Waals surface area contributed by atoms with Crippen molar-refractivity contribution in [2.24, 2.45) is 11.7 Å². The van der Waals surface area contributed by atoms with Gasteiger partial charge in [-0.15, -0.1) is 0 Å². The summed E-state index contributed by atoms with van der Waals surface area (Å²) < 4.78 is 5.69. The van der Waals surface area contributed by atoms with Crippen LogP contribution in [0.5, 0.6) is 0 Å². The molecule has 2 fully saturated rings. The maximum atomic E-state index is 12.5. The van der Waals surface area contributed by atoms with Crippen molar-refractivity contribution in [3.05, 3.63) is 0 Å². The van der Waals surface area contributed by atoms with Gasteiger partial charge in [-0.3, -0.25) is 0 Å². The molecule has 3 unspecified atom stereocenters. The molecule has 5 nitrogen and oxygen atoms in total. The van der Waals surface area contributed by atoms with Gasteiger partial charge >= 0.3 is 6.03 Å². The lowest BCUT2D eigenvalue weighted by Gasteiger charge is -2.40. The van der Waals surface area contributed by atoms with Crippen molar-refractivity contribution >= 4 is 6.03 Å². The third-order valence-corrected chi connectivity index (χ3v) is 3.79. The molecule has 2 rings (SSSR count). The number of amides is 2. The predicted molar refractivity (Wildman–Crippen MR) is 70.3 cm³/mol. The summed E-state index contributed by atoms with van der Waals surface area (Å²) >= 11 is 0. The van der Waals surface area contributed by atoms with Gasteiger partial charge in [-0.05, 0) is 25.7 Å². The number of hydrogen-bond acceptors (Lipinski definition) is 3. The molecule has 2 heterocycles. The van der Waals surface area contributed by atoms with E-state index in [0.29, 0.717) is 25.6 Å². The van der Waals surface area contributed by atoms with Crippen molar-refractivity contribution in [1.29, 1.82) is 0 Å². The Morgan fingerprint density at radius 1 is 1.28 bits per heavy atom. The first-order valence-corrected chi connectivity index (χ1v) is 6.99. The molecular weight excluding hydrogens is 230 g/mol. The molecule has 0 aromatic heterocycles. The molecule has 0 bridgehead atoms. The molecule has 2 amide bonds. The molecule has 5 heteroatoms. The Morgan fingerprint density at radius 2 is 2.06 bits per heavy atom. The normalized spacial score (nSPS) is 33.6. The number of piperidine rings is 1. The fraction of sp³-hybridized carbons (Fsp3) is 0.923. The van der Waals surface area contributed by atoms with Crippen LogP contribution in [0, 0.1) is 5.92 Å². The highest BCUT2D eigenvalue weighted by molar-refractivity contribution is 5.74. The van der Waals surface area contributed by atoms with E-state index in [1.165, 1.54) is 6.42 Å². The number of carbonyl (C=O) groups is 1. The van der Waals surface area contributed by atoms with Gasteiger partial charge in [0.15, 0.2) is 0 Å². The topological polar surface area (TPSA) is 58.8 Å². The number of ether oxygens (including phenoxy) is 1. The van der Waals surface area contributed by atoms with Gasteiger partial charge < -0.3 is 20.3 Å². The number of likely N-dealkylation sites (tertiary alicyclic amines) is 1. The first-order valence-electron chi connectivity index (χ1n) is 6.99. The minimum atomic E-state index is -0.0140. The minimum Gasteiger partial charge on any atom is -0.370 e. The van der Waals surface area contributed by atoms with E-state index in [0.717, 1.165) is 19.5 Å². The number of urea groups is 1. The van der Waals surface area contributed by atoms with Gasteiger partial charge in [0.05, 0.1) is 12.2 Å². The Labute approximate surface area is 109 Å². The van der Waals surface area contributed by atoms with Gasteiger partial charge in [0.1, 0.15) is 0 Å². The van der Waals surface area contributed by atoms with Crippen LogP contribution in [-0.2, 0) is 4.74 Å². The van der Waals surface area contributed by atoms with Crippen LogP contribution in [0.1, 0.15) is 26.7 Å². The van der Waals surface area contributed by atoms with E-state index < -0.39 is 0 Å². The third kappa shape index (κ3) is 3.14. The van der Waals surface area contributed by atoms with Crippen molar-refractivity contribution in [2.45, 2.75) is 38.9 Å². The molecule has 0 spiro atoms. The second-order valence-corrected chi connectivity index (χ2v) is 5.69. The Balaban J connectivity index is 1.94. The standard InChI is InChI=1S/C13H25N3O2/c1-10-4-3-5-15(7-10)13(17)16-8-11(2)18-12(6-14)9-16/h10-12H,3-9,14H2,1-2H3. The smallest absolute Gasteiger partial charge is 0.320 e. The number of rotatable bonds is 1. The van der Waals surface area contributed by atoms with Crippen LogP contribution in [0.15, 0.2) is 0 Å². The summed E-state index contributed by atoms with van der Waals surface area (Å²) in [5.74, 6) is 0.617. The molecule has 0 radical (unpaired) electrons. The summed E-state index contributed by atoms with van der Waals surface area (Å²) in [5, 5.41) is 0. The van der Waals surface area contributed by atoms with Gasteiger partial charge in [-0.1, -0.05) is 6.92 Å². The highest BCUT2D eigenvalue weighted by Crippen LogP contribution is 2.19. The minimum absolute atomic E-state index is 0.0140. The van der Waals surface area contributed by atoms with Gasteiger partial charge in [0.2, 0.25) is 0 Å². The largest absolute Gasteiger partial charge is 0.370 e. The zero-order chi connectivity index (χ0) is 13.1. The van der Waals surface area contributed by atoms with E-state index in [-0.39, 0.29) is 18.2 Å². The Morgan fingerprint density at radius 3 is 2.72 bits per heavy atom. The van der Waals surface area contributed by atoms with Crippen LogP contribution in [0.25, 0.3) is 0 Å². The number of nitrogens with zero attached hydrogens (tertiary/aromatic N) is 2. The Bertz CT molecular complexity index is 298. The van der Waals surface area contributed by atoms with Crippen molar-refractivity contribution in [2.75, 3.05) is 32.7 Å². The van der Waals surface area contributed by atoms with Crippen molar-refractivity contribution < 1.29 is 9.53 Å². The number of hydrogen-bond donors (Lipinski definition) is 1. The zero-order valence-corrected chi connectivity index (χ0v) is 11.5. The molecule has 0 saturated carbocycles. The molecule has 0 aromatic rings. The molecular formula is C13H25N3O2. The van der Waals surface area contributed by atoms with Crippen molar-refractivity contribution in [3.63, 3.8) is 0 Å². The van der Waals surface area contributed by atoms with Gasteiger partial charge in [0, 0.05) is 32.7 Å². The van der Waals surface area contributed by atoms with E-state index in [9.17, 15) is 4.79 Å². The van der Waals surface area contributed by atoms with E-state index in [4.69, 9.17) is 10.5 Å². The second kappa shape index (κ2) is 5.89. The van der Waals surface area contributed by atoms with Crippen LogP contribution in [0.4, 0.5) is 4.79 Å². The number of carbonyl (C=O) groups excluding carboxylic acids is 1. The summed E-state index contributed by atoms with van der Waals surface area (Å²) in [7, 11) is 0. The monoisotopic (exact) mass is 255 g/mol. The van der Waals surface area contributed by atoms with E-state index >= 15 is 0 Å². The first-order chi connectivity index (χ1) is 8.60. The van der Waals surface area contributed by atoms with Gasteiger partial charge in [-0.25, -0.2) is 4.79 Å². The predicted octanol–water partition coefficient (Wildman–Crippen LogP) is 0.886. The second-order valence-electron chi connectivity index (χ2n) is 5.69. The van der Waals surface area contributed by atoms with Crippen LogP contribution in [0.3, 0.4) is 0 Å². The molecule has 2 aliphatic rings. The quantitative estimate of drug-likeness (QED) is 0.757. The van der Waals surface area contributed by atoms with Crippen LogP contribution in [0.2, 0.25) is 0 Å². The molecule has 0 aromatic carbocycles. The number of morpholine rings is 1. The summed E-state index contributed by atoms with van der Waals surface area (Å²) in [5.41, 5.74) is 5.65. The van der Waals surface area contributed by atoms with E-state index in [2.05, 4.69) is 6.92 Å². The Kier molecular flexibility index (Phi) is 4.45. The molecule has 104 valence electrons. The summed E-state index contributed by atoms with van der Waals surface area (Å²) in [6.07, 6.45) is 2.42. The number of nitrogens with two attached hydrogens (primary N) is 1. The van der Waals surface area contributed by atoms with Crippen molar-refractivity contribution in [3.8, 4) is 0 Å². The lowest BCUT2D eigenvalue weighted by Crippen LogP contribution is -2.56. The Hall–Kier alpha value is -0.810. The van der Waals surface area contributed by atoms with E-state index in [1.54, 1.807) is 0 Å².